The van der Waals surface area contributed by atoms with E-state index < -0.39 is 43.7 Å². The van der Waals surface area contributed by atoms with Crippen molar-refractivity contribution in [2.24, 2.45) is 0 Å². The lowest BCUT2D eigenvalue weighted by molar-refractivity contribution is -0.275. The number of hydrogen-bond donors (Lipinski definition) is 0. The lowest BCUT2D eigenvalue weighted by Crippen LogP contribution is -2.37. The molecule has 0 amide bonds. The first kappa shape index (κ1) is 27.5. The van der Waals surface area contributed by atoms with Crippen molar-refractivity contribution < 1.29 is 67.7 Å². The summed E-state index contributed by atoms with van der Waals surface area (Å²) >= 11 is 0. The number of halogens is 9. The Morgan fingerprint density at radius 2 is 0.541 bits per heavy atom. The van der Waals surface area contributed by atoms with Crippen molar-refractivity contribution in [1.82, 2.24) is 0 Å². The van der Waals surface area contributed by atoms with Crippen LogP contribution >= 0.6 is 0 Å². The van der Waals surface area contributed by atoms with Crippen molar-refractivity contribution >= 4 is 7.32 Å². The molecule has 3 aromatic carbocycles. The molecule has 0 aliphatic heterocycles. The monoisotopic (exact) mass is 542 g/mol. The van der Waals surface area contributed by atoms with Gasteiger partial charge in [0.2, 0.25) is 0 Å². The maximum atomic E-state index is 12.3. The minimum atomic E-state index is -4.93. The highest BCUT2D eigenvalue weighted by Gasteiger charge is 2.34. The van der Waals surface area contributed by atoms with Crippen LogP contribution in [0, 0.1) is 0 Å². The van der Waals surface area contributed by atoms with Gasteiger partial charge in [-0.05, 0) is 72.8 Å². The summed E-state index contributed by atoms with van der Waals surface area (Å²) in [6, 6.07) is 12.0. The standard InChI is InChI=1S/C21H12BF9O6/c23-19(24,25)32-13-1-7-16(8-2-13)35-22(36-17-9-3-14(4-10-17)33-20(26,27)28)37-18-11-5-15(6-12-18)34-21(29,30)31/h1-12H. The molecule has 6 nitrogen and oxygen atoms in total. The molecule has 0 bridgehead atoms. The van der Waals surface area contributed by atoms with Crippen LogP contribution in [0.15, 0.2) is 72.8 Å². The van der Waals surface area contributed by atoms with Crippen molar-refractivity contribution in [2.75, 3.05) is 0 Å². The minimum Gasteiger partial charge on any atom is -0.490 e. The topological polar surface area (TPSA) is 55.4 Å². The Labute approximate surface area is 202 Å². The summed E-state index contributed by atoms with van der Waals surface area (Å²) in [4.78, 5) is 0. The van der Waals surface area contributed by atoms with Crippen molar-refractivity contribution in [2.45, 2.75) is 19.1 Å². The van der Waals surface area contributed by atoms with Crippen molar-refractivity contribution in [1.29, 1.82) is 0 Å². The van der Waals surface area contributed by atoms with Gasteiger partial charge in [0.1, 0.15) is 34.5 Å². The summed E-state index contributed by atoms with van der Waals surface area (Å²) in [5, 5.41) is 0. The van der Waals surface area contributed by atoms with E-state index in [0.717, 1.165) is 72.8 Å². The van der Waals surface area contributed by atoms with E-state index >= 15 is 0 Å². The lowest BCUT2D eigenvalue weighted by atomic mass is 10.2. The maximum absolute atomic E-state index is 12.3. The molecule has 0 radical (unpaired) electrons. The zero-order valence-electron chi connectivity index (χ0n) is 17.9. The van der Waals surface area contributed by atoms with Gasteiger partial charge in [-0.3, -0.25) is 0 Å². The largest absolute Gasteiger partial charge is 0.864 e. The lowest BCUT2D eigenvalue weighted by Gasteiger charge is -2.17. The number of hydrogen-bond acceptors (Lipinski definition) is 6. The molecule has 0 aliphatic rings. The highest BCUT2D eigenvalue weighted by Crippen LogP contribution is 2.29. The zero-order valence-corrected chi connectivity index (χ0v) is 17.9. The van der Waals surface area contributed by atoms with E-state index in [1.165, 1.54) is 0 Å². The molecule has 3 rings (SSSR count). The first-order chi connectivity index (χ1) is 17.1. The van der Waals surface area contributed by atoms with E-state index in [1.54, 1.807) is 0 Å². The van der Waals surface area contributed by atoms with Crippen LogP contribution < -0.4 is 28.2 Å². The summed E-state index contributed by atoms with van der Waals surface area (Å²) in [7, 11) is -1.71. The third-order valence-corrected chi connectivity index (χ3v) is 3.87. The molecular formula is C21H12BF9O6. The predicted molar refractivity (Wildman–Crippen MR) is 107 cm³/mol. The normalized spacial score (nSPS) is 11.9. The molecule has 16 heteroatoms. The molecule has 0 N–H and O–H groups in total. The maximum Gasteiger partial charge on any atom is 0.864 e. The van der Waals surface area contributed by atoms with E-state index in [4.69, 9.17) is 14.0 Å². The van der Waals surface area contributed by atoms with Gasteiger partial charge in [0.25, 0.3) is 0 Å². The van der Waals surface area contributed by atoms with Gasteiger partial charge in [0, 0.05) is 0 Å². The number of benzene rings is 3. The fourth-order valence-corrected chi connectivity index (χ4v) is 2.57. The van der Waals surface area contributed by atoms with Crippen LogP contribution in [0.3, 0.4) is 0 Å². The van der Waals surface area contributed by atoms with Gasteiger partial charge in [-0.1, -0.05) is 0 Å². The van der Waals surface area contributed by atoms with Crippen molar-refractivity contribution in [3.05, 3.63) is 72.8 Å². The molecule has 0 aromatic heterocycles. The van der Waals surface area contributed by atoms with Crippen molar-refractivity contribution in [3.8, 4) is 34.5 Å². The molecule has 0 spiro atoms. The van der Waals surface area contributed by atoms with Crippen LogP contribution in [-0.2, 0) is 0 Å². The number of alkyl halides is 9. The average Bonchev–Trinajstić information content (AvgIpc) is 2.75. The van der Waals surface area contributed by atoms with Crippen LogP contribution in [0.5, 0.6) is 34.5 Å². The molecule has 0 heterocycles. The van der Waals surface area contributed by atoms with Crippen LogP contribution in [0.2, 0.25) is 0 Å². The van der Waals surface area contributed by atoms with Gasteiger partial charge in [-0.25, -0.2) is 0 Å². The fraction of sp³-hybridized carbons (Fsp3) is 0.143. The van der Waals surface area contributed by atoms with Gasteiger partial charge >= 0.3 is 26.4 Å². The Bertz CT molecular complexity index is 986. The molecule has 198 valence electrons. The molecule has 0 saturated carbocycles. The second kappa shape index (κ2) is 10.9. The first-order valence-corrected chi connectivity index (χ1v) is 9.71. The fourth-order valence-electron chi connectivity index (χ4n) is 2.57. The van der Waals surface area contributed by atoms with E-state index in [1.807, 2.05) is 0 Å². The second-order valence-electron chi connectivity index (χ2n) is 6.70. The highest BCUT2D eigenvalue weighted by atomic mass is 19.4. The molecule has 3 aromatic rings. The Morgan fingerprint density at radius 3 is 0.730 bits per heavy atom. The molecule has 37 heavy (non-hydrogen) atoms. The third-order valence-electron chi connectivity index (χ3n) is 3.87. The molecule has 0 unspecified atom stereocenters. The average molecular weight is 542 g/mol. The van der Waals surface area contributed by atoms with Crippen LogP contribution in [0.25, 0.3) is 0 Å². The summed E-state index contributed by atoms with van der Waals surface area (Å²) in [6.45, 7) is 0. The van der Waals surface area contributed by atoms with Gasteiger partial charge in [-0.15, -0.1) is 39.5 Å². The Hall–Kier alpha value is -4.11. The van der Waals surface area contributed by atoms with Crippen LogP contribution in [0.1, 0.15) is 0 Å². The van der Waals surface area contributed by atoms with Crippen molar-refractivity contribution in [3.63, 3.8) is 0 Å². The smallest absolute Gasteiger partial charge is 0.490 e. The Morgan fingerprint density at radius 1 is 0.351 bits per heavy atom. The zero-order chi connectivity index (χ0) is 27.3. The summed E-state index contributed by atoms with van der Waals surface area (Å²) < 4.78 is 139. The van der Waals surface area contributed by atoms with Crippen LogP contribution in [0.4, 0.5) is 39.5 Å². The van der Waals surface area contributed by atoms with Crippen LogP contribution in [-0.4, -0.2) is 26.4 Å². The Kier molecular flexibility index (Phi) is 8.08. The van der Waals surface area contributed by atoms with Gasteiger partial charge in [0.05, 0.1) is 0 Å². The summed E-state index contributed by atoms with van der Waals surface area (Å²) in [5.41, 5.74) is 0. The van der Waals surface area contributed by atoms with Gasteiger partial charge in [0.15, 0.2) is 0 Å². The van der Waals surface area contributed by atoms with Gasteiger partial charge < -0.3 is 28.2 Å². The molecular weight excluding hydrogens is 530 g/mol. The molecule has 0 fully saturated rings. The molecule has 0 aliphatic carbocycles. The third kappa shape index (κ3) is 10.2. The number of rotatable bonds is 9. The van der Waals surface area contributed by atoms with E-state index in [-0.39, 0.29) is 17.2 Å². The summed E-state index contributed by atoms with van der Waals surface area (Å²) in [5.74, 6) is -1.94. The predicted octanol–water partition coefficient (Wildman–Crippen LogP) is 6.90. The SMILES string of the molecule is FC(F)(F)Oc1ccc(OB(Oc2ccc(OC(F)(F)F)cc2)Oc2ccc(OC(F)(F)F)cc2)cc1. The van der Waals surface area contributed by atoms with E-state index in [0.29, 0.717) is 0 Å². The van der Waals surface area contributed by atoms with E-state index in [2.05, 4.69) is 14.2 Å². The minimum absolute atomic E-state index is 0.0893. The highest BCUT2D eigenvalue weighted by molar-refractivity contribution is 6.39. The molecule has 0 atom stereocenters. The summed E-state index contributed by atoms with van der Waals surface area (Å²) in [6.07, 6.45) is -14.8. The second-order valence-corrected chi connectivity index (χ2v) is 6.70. The van der Waals surface area contributed by atoms with E-state index in [9.17, 15) is 39.5 Å². The first-order valence-electron chi connectivity index (χ1n) is 9.71. The van der Waals surface area contributed by atoms with Gasteiger partial charge in [-0.2, -0.15) is 0 Å². The quantitative estimate of drug-likeness (QED) is 0.217. The Balaban J connectivity index is 1.76. The number of ether oxygens (including phenoxy) is 3. The molecule has 0 saturated heterocycles.